The Labute approximate surface area is 135 Å². The van der Waals surface area contributed by atoms with Crippen LogP contribution in [0.5, 0.6) is 0 Å². The average molecular weight is 314 g/mol. The number of benzene rings is 1. The molecule has 1 saturated heterocycles. The van der Waals surface area contributed by atoms with Crippen molar-refractivity contribution >= 4 is 11.8 Å². The lowest BCUT2D eigenvalue weighted by Gasteiger charge is -2.27. The summed E-state index contributed by atoms with van der Waals surface area (Å²) in [6.45, 7) is 6.92. The second-order valence-electron chi connectivity index (χ2n) is 6.03. The fourth-order valence-corrected chi connectivity index (χ4v) is 2.72. The Bertz CT molecular complexity index is 731. The number of nitrogens with one attached hydrogen (secondary N) is 1. The molecule has 3 rings (SSSR count). The average Bonchev–Trinajstić information content (AvgIpc) is 2.55. The van der Waals surface area contributed by atoms with Crippen LogP contribution in [0.15, 0.2) is 29.1 Å². The van der Waals surface area contributed by atoms with Gasteiger partial charge in [0.2, 0.25) is 5.95 Å². The van der Waals surface area contributed by atoms with Crippen molar-refractivity contribution in [2.75, 3.05) is 36.9 Å². The zero-order chi connectivity index (χ0) is 16.4. The molecule has 0 radical (unpaired) electrons. The van der Waals surface area contributed by atoms with Crippen LogP contribution in [0.3, 0.4) is 0 Å². The monoisotopic (exact) mass is 314 g/mol. The minimum Gasteiger partial charge on any atom is -0.383 e. The molecule has 2 aromatic rings. The van der Waals surface area contributed by atoms with E-state index in [-0.39, 0.29) is 11.4 Å². The number of nitrogens with two attached hydrogens (primary N) is 1. The van der Waals surface area contributed by atoms with Crippen LogP contribution in [-0.4, -0.2) is 36.3 Å². The molecular weight excluding hydrogens is 292 g/mol. The predicted molar refractivity (Wildman–Crippen MR) is 91.8 cm³/mol. The summed E-state index contributed by atoms with van der Waals surface area (Å²) >= 11 is 0. The number of hydrogen-bond donors (Lipinski definition) is 2. The Kier molecular flexibility index (Phi) is 4.34. The highest BCUT2D eigenvalue weighted by molar-refractivity contribution is 5.73. The van der Waals surface area contributed by atoms with Gasteiger partial charge in [0.05, 0.1) is 18.8 Å². The van der Waals surface area contributed by atoms with Crippen LogP contribution in [0.25, 0.3) is 11.1 Å². The van der Waals surface area contributed by atoms with E-state index in [0.29, 0.717) is 43.7 Å². The first-order chi connectivity index (χ1) is 11.1. The number of aromatic amines is 1. The third-order valence-electron chi connectivity index (χ3n) is 4.11. The molecule has 0 atom stereocenters. The molecule has 0 unspecified atom stereocenters. The van der Waals surface area contributed by atoms with E-state index in [2.05, 4.69) is 23.8 Å². The van der Waals surface area contributed by atoms with Gasteiger partial charge < -0.3 is 15.4 Å². The van der Waals surface area contributed by atoms with Crippen molar-refractivity contribution in [1.82, 2.24) is 9.97 Å². The van der Waals surface area contributed by atoms with Gasteiger partial charge in [-0.2, -0.15) is 4.98 Å². The Balaban J connectivity index is 1.95. The largest absolute Gasteiger partial charge is 0.383 e. The molecule has 6 nitrogen and oxygen atoms in total. The third-order valence-corrected chi connectivity index (χ3v) is 4.11. The molecule has 2 heterocycles. The maximum absolute atomic E-state index is 12.5. The Morgan fingerprint density at radius 2 is 1.87 bits per heavy atom. The molecule has 0 aliphatic carbocycles. The SMILES string of the molecule is CC(C)c1ccc(-c2c(N)nc(N3CCOCC3)[nH]c2=O)cc1. The Hall–Kier alpha value is -2.34. The van der Waals surface area contributed by atoms with Crippen molar-refractivity contribution < 1.29 is 4.74 Å². The first kappa shape index (κ1) is 15.6. The Morgan fingerprint density at radius 3 is 2.43 bits per heavy atom. The molecule has 0 bridgehead atoms. The van der Waals surface area contributed by atoms with Crippen molar-refractivity contribution in [1.29, 1.82) is 0 Å². The Morgan fingerprint density at radius 1 is 1.22 bits per heavy atom. The zero-order valence-corrected chi connectivity index (χ0v) is 13.5. The maximum atomic E-state index is 12.5. The molecule has 1 aromatic heterocycles. The number of H-pyrrole nitrogens is 1. The molecule has 1 fully saturated rings. The van der Waals surface area contributed by atoms with Gasteiger partial charge in [-0.05, 0) is 17.0 Å². The third kappa shape index (κ3) is 3.22. The number of hydrogen-bond acceptors (Lipinski definition) is 5. The van der Waals surface area contributed by atoms with Crippen LogP contribution in [0.4, 0.5) is 11.8 Å². The van der Waals surface area contributed by atoms with E-state index < -0.39 is 0 Å². The lowest BCUT2D eigenvalue weighted by molar-refractivity contribution is 0.122. The topological polar surface area (TPSA) is 84.2 Å². The predicted octanol–water partition coefficient (Wildman–Crippen LogP) is 1.98. The summed E-state index contributed by atoms with van der Waals surface area (Å²) in [7, 11) is 0. The van der Waals surface area contributed by atoms with Crippen molar-refractivity contribution in [3.63, 3.8) is 0 Å². The fraction of sp³-hybridized carbons (Fsp3) is 0.412. The van der Waals surface area contributed by atoms with E-state index in [0.717, 1.165) is 5.56 Å². The number of ether oxygens (including phenoxy) is 1. The summed E-state index contributed by atoms with van der Waals surface area (Å²) in [6, 6.07) is 7.89. The molecule has 122 valence electrons. The van der Waals surface area contributed by atoms with Crippen molar-refractivity contribution in [2.45, 2.75) is 19.8 Å². The van der Waals surface area contributed by atoms with Gasteiger partial charge in [0.1, 0.15) is 5.82 Å². The minimum atomic E-state index is -0.212. The van der Waals surface area contributed by atoms with Crippen molar-refractivity contribution in [3.05, 3.63) is 40.2 Å². The van der Waals surface area contributed by atoms with Crippen LogP contribution in [0.2, 0.25) is 0 Å². The van der Waals surface area contributed by atoms with Gasteiger partial charge in [-0.25, -0.2) is 0 Å². The van der Waals surface area contributed by atoms with Crippen LogP contribution >= 0.6 is 0 Å². The van der Waals surface area contributed by atoms with E-state index in [9.17, 15) is 4.79 Å². The number of aromatic nitrogens is 2. The number of morpholine rings is 1. The van der Waals surface area contributed by atoms with Gasteiger partial charge in [-0.15, -0.1) is 0 Å². The molecular formula is C17H22N4O2. The van der Waals surface area contributed by atoms with Gasteiger partial charge in [0.25, 0.3) is 5.56 Å². The van der Waals surface area contributed by atoms with Crippen molar-refractivity contribution in [2.24, 2.45) is 0 Å². The van der Waals surface area contributed by atoms with Crippen LogP contribution < -0.4 is 16.2 Å². The first-order valence-electron chi connectivity index (χ1n) is 7.89. The molecule has 23 heavy (non-hydrogen) atoms. The van der Waals surface area contributed by atoms with Gasteiger partial charge >= 0.3 is 0 Å². The highest BCUT2D eigenvalue weighted by atomic mass is 16.5. The number of nitrogen functional groups attached to an aromatic ring is 1. The molecule has 0 amide bonds. The quantitative estimate of drug-likeness (QED) is 0.905. The summed E-state index contributed by atoms with van der Waals surface area (Å²) in [5.41, 5.74) is 8.30. The summed E-state index contributed by atoms with van der Waals surface area (Å²) in [4.78, 5) is 21.7. The minimum absolute atomic E-state index is 0.212. The summed E-state index contributed by atoms with van der Waals surface area (Å²) in [6.07, 6.45) is 0. The molecule has 1 aromatic carbocycles. The molecule has 0 spiro atoms. The second-order valence-corrected chi connectivity index (χ2v) is 6.03. The lowest BCUT2D eigenvalue weighted by Crippen LogP contribution is -2.38. The van der Waals surface area contributed by atoms with Gasteiger partial charge in [0.15, 0.2) is 0 Å². The highest BCUT2D eigenvalue weighted by Crippen LogP contribution is 2.24. The fourth-order valence-electron chi connectivity index (χ4n) is 2.72. The second kappa shape index (κ2) is 6.42. The van der Waals surface area contributed by atoms with Gasteiger partial charge in [0, 0.05) is 13.1 Å². The number of rotatable bonds is 3. The lowest BCUT2D eigenvalue weighted by atomic mass is 9.99. The summed E-state index contributed by atoms with van der Waals surface area (Å²) in [5.74, 6) is 1.22. The molecule has 1 aliphatic heterocycles. The maximum Gasteiger partial charge on any atom is 0.262 e. The van der Waals surface area contributed by atoms with Gasteiger partial charge in [-0.1, -0.05) is 38.1 Å². The standard InChI is InChI=1S/C17H22N4O2/c1-11(2)12-3-5-13(6-4-12)14-15(18)19-17(20-16(14)22)21-7-9-23-10-8-21/h3-6,11H,7-10H2,1-2H3,(H3,18,19,20,22). The molecule has 3 N–H and O–H groups in total. The van der Waals surface area contributed by atoms with E-state index >= 15 is 0 Å². The zero-order valence-electron chi connectivity index (χ0n) is 13.5. The van der Waals surface area contributed by atoms with Crippen molar-refractivity contribution in [3.8, 4) is 11.1 Å². The highest BCUT2D eigenvalue weighted by Gasteiger charge is 2.17. The van der Waals surface area contributed by atoms with E-state index in [4.69, 9.17) is 10.5 Å². The molecule has 0 saturated carbocycles. The van der Waals surface area contributed by atoms with Crippen LogP contribution in [-0.2, 0) is 4.74 Å². The van der Waals surface area contributed by atoms with E-state index in [1.165, 1.54) is 5.56 Å². The number of nitrogens with zero attached hydrogens (tertiary/aromatic N) is 2. The van der Waals surface area contributed by atoms with Gasteiger partial charge in [-0.3, -0.25) is 9.78 Å². The van der Waals surface area contributed by atoms with Crippen LogP contribution in [0.1, 0.15) is 25.3 Å². The summed E-state index contributed by atoms with van der Waals surface area (Å²) < 4.78 is 5.31. The summed E-state index contributed by atoms with van der Waals surface area (Å²) in [5, 5.41) is 0. The normalized spacial score (nSPS) is 15.2. The van der Waals surface area contributed by atoms with Crippen LogP contribution in [0, 0.1) is 0 Å². The molecule has 1 aliphatic rings. The number of anilines is 2. The van der Waals surface area contributed by atoms with E-state index in [1.807, 2.05) is 29.2 Å². The van der Waals surface area contributed by atoms with E-state index in [1.54, 1.807) is 0 Å². The smallest absolute Gasteiger partial charge is 0.262 e. The molecule has 6 heteroatoms. The first-order valence-corrected chi connectivity index (χ1v) is 7.89.